The molecule has 2 atom stereocenters. The van der Waals surface area contributed by atoms with Crippen LogP contribution in [0, 0.1) is 5.92 Å². The first-order valence-electron chi connectivity index (χ1n) is 9.56. The third-order valence-corrected chi connectivity index (χ3v) is 5.82. The van der Waals surface area contributed by atoms with Crippen LogP contribution in [0.1, 0.15) is 24.8 Å². The highest BCUT2D eigenvalue weighted by atomic mass is 32.2. The molecule has 2 amide bonds. The fourth-order valence-corrected chi connectivity index (χ4v) is 4.43. The van der Waals surface area contributed by atoms with Gasteiger partial charge in [-0.25, -0.2) is 9.59 Å². The lowest BCUT2D eigenvalue weighted by atomic mass is 10.2. The van der Waals surface area contributed by atoms with Gasteiger partial charge in [-0.1, -0.05) is 44.2 Å². The van der Waals surface area contributed by atoms with E-state index in [1.165, 1.54) is 0 Å². The molecular weight excluding hydrogens is 388 g/mol. The van der Waals surface area contributed by atoms with E-state index < -0.39 is 6.04 Å². The van der Waals surface area contributed by atoms with Crippen molar-refractivity contribution >= 4 is 29.4 Å². The Bertz CT molecular complexity index is 826. The van der Waals surface area contributed by atoms with Crippen molar-refractivity contribution in [3.8, 4) is 5.75 Å². The first kappa shape index (κ1) is 21.0. The van der Waals surface area contributed by atoms with Crippen LogP contribution in [0.3, 0.4) is 0 Å². The molecule has 2 unspecified atom stereocenters. The number of hydrogen-bond acceptors (Lipinski definition) is 5. The summed E-state index contributed by atoms with van der Waals surface area (Å²) in [4.78, 5) is 27.5. The SMILES string of the molecule is COc1ccc(NC(=O)N2C(C(=O)OCC(C)C)CSC2c2ccccc2)cc1. The Kier molecular flexibility index (Phi) is 7.04. The number of rotatable bonds is 6. The monoisotopic (exact) mass is 414 g/mol. The summed E-state index contributed by atoms with van der Waals surface area (Å²) in [6.45, 7) is 4.30. The van der Waals surface area contributed by atoms with Gasteiger partial charge in [0.15, 0.2) is 0 Å². The number of nitrogens with zero attached hydrogens (tertiary/aromatic N) is 1. The number of nitrogens with one attached hydrogen (secondary N) is 1. The standard InChI is InChI=1S/C22H26N2O4S/c1-15(2)13-28-21(25)19-14-29-20(16-7-5-4-6-8-16)24(19)22(26)23-17-9-11-18(27-3)12-10-17/h4-12,15,19-20H,13-14H2,1-3H3,(H,23,26). The molecular formula is C22H26N2O4S. The van der Waals surface area contributed by atoms with Crippen LogP contribution < -0.4 is 10.1 Å². The Labute approximate surface area is 175 Å². The molecule has 0 bridgehead atoms. The third kappa shape index (κ3) is 5.23. The molecule has 0 aromatic heterocycles. The molecule has 1 fully saturated rings. The number of amides is 2. The summed E-state index contributed by atoms with van der Waals surface area (Å²) in [5.74, 6) is 1.07. The zero-order valence-electron chi connectivity index (χ0n) is 16.8. The van der Waals surface area contributed by atoms with Crippen LogP contribution in [0.25, 0.3) is 0 Å². The number of anilines is 1. The van der Waals surface area contributed by atoms with Crippen LogP contribution in [0.2, 0.25) is 0 Å². The second-order valence-electron chi connectivity index (χ2n) is 7.20. The van der Waals surface area contributed by atoms with Gasteiger partial charge in [0.1, 0.15) is 17.2 Å². The van der Waals surface area contributed by atoms with E-state index in [0.29, 0.717) is 23.8 Å². The van der Waals surface area contributed by atoms with Crippen molar-refractivity contribution in [3.63, 3.8) is 0 Å². The molecule has 1 aliphatic rings. The Morgan fingerprint density at radius 2 is 1.83 bits per heavy atom. The molecule has 1 heterocycles. The minimum Gasteiger partial charge on any atom is -0.497 e. The van der Waals surface area contributed by atoms with Crippen LogP contribution >= 0.6 is 11.8 Å². The van der Waals surface area contributed by atoms with E-state index in [2.05, 4.69) is 5.32 Å². The van der Waals surface area contributed by atoms with Crippen LogP contribution in [0.4, 0.5) is 10.5 Å². The summed E-state index contributed by atoms with van der Waals surface area (Å²) in [5.41, 5.74) is 1.61. The minimum absolute atomic E-state index is 0.236. The van der Waals surface area contributed by atoms with Crippen molar-refractivity contribution in [2.45, 2.75) is 25.3 Å². The molecule has 1 N–H and O–H groups in total. The zero-order chi connectivity index (χ0) is 20.8. The maximum atomic E-state index is 13.2. The smallest absolute Gasteiger partial charge is 0.329 e. The predicted octanol–water partition coefficient (Wildman–Crippen LogP) is 4.54. The van der Waals surface area contributed by atoms with E-state index >= 15 is 0 Å². The second-order valence-corrected chi connectivity index (χ2v) is 8.32. The number of methoxy groups -OCH3 is 1. The van der Waals surface area contributed by atoms with Gasteiger partial charge >= 0.3 is 12.0 Å². The van der Waals surface area contributed by atoms with Gasteiger partial charge in [0.25, 0.3) is 0 Å². The van der Waals surface area contributed by atoms with Gasteiger partial charge in [-0.3, -0.25) is 4.90 Å². The van der Waals surface area contributed by atoms with E-state index in [4.69, 9.17) is 9.47 Å². The third-order valence-electron chi connectivity index (χ3n) is 4.49. The fourth-order valence-electron chi connectivity index (χ4n) is 3.02. The van der Waals surface area contributed by atoms with E-state index in [9.17, 15) is 9.59 Å². The van der Waals surface area contributed by atoms with Gasteiger partial charge in [-0.2, -0.15) is 0 Å². The highest BCUT2D eigenvalue weighted by Crippen LogP contribution is 2.42. The summed E-state index contributed by atoms with van der Waals surface area (Å²) in [6.07, 6.45) is 0. The molecule has 29 heavy (non-hydrogen) atoms. The van der Waals surface area contributed by atoms with Gasteiger partial charge in [0.05, 0.1) is 13.7 Å². The average molecular weight is 415 g/mol. The maximum Gasteiger partial charge on any atom is 0.329 e. The van der Waals surface area contributed by atoms with Crippen LogP contribution in [0.5, 0.6) is 5.75 Å². The largest absolute Gasteiger partial charge is 0.497 e. The first-order valence-corrected chi connectivity index (χ1v) is 10.6. The molecule has 3 rings (SSSR count). The number of carbonyl (C=O) groups excluding carboxylic acids is 2. The molecule has 154 valence electrons. The van der Waals surface area contributed by atoms with Crippen molar-refractivity contribution in [2.24, 2.45) is 5.92 Å². The van der Waals surface area contributed by atoms with Crippen LogP contribution in [-0.4, -0.2) is 42.4 Å². The summed E-state index contributed by atoms with van der Waals surface area (Å²) < 4.78 is 10.6. The number of hydrogen-bond donors (Lipinski definition) is 1. The quantitative estimate of drug-likeness (QED) is 0.703. The molecule has 0 spiro atoms. The summed E-state index contributed by atoms with van der Waals surface area (Å²) in [6, 6.07) is 15.8. The van der Waals surface area contributed by atoms with Crippen LogP contribution in [-0.2, 0) is 9.53 Å². The van der Waals surface area contributed by atoms with E-state index in [0.717, 1.165) is 5.56 Å². The predicted molar refractivity (Wildman–Crippen MR) is 115 cm³/mol. The van der Waals surface area contributed by atoms with Crippen LogP contribution in [0.15, 0.2) is 54.6 Å². The highest BCUT2D eigenvalue weighted by molar-refractivity contribution is 7.99. The van der Waals surface area contributed by atoms with E-state index in [1.54, 1.807) is 48.0 Å². The molecule has 6 nitrogen and oxygen atoms in total. The molecule has 0 aliphatic carbocycles. The Morgan fingerprint density at radius 3 is 2.45 bits per heavy atom. The lowest BCUT2D eigenvalue weighted by Gasteiger charge is -2.29. The summed E-state index contributed by atoms with van der Waals surface area (Å²) in [5, 5.41) is 2.64. The lowest BCUT2D eigenvalue weighted by Crippen LogP contribution is -2.46. The molecule has 1 saturated heterocycles. The Hall–Kier alpha value is -2.67. The average Bonchev–Trinajstić information content (AvgIpc) is 3.18. The van der Waals surface area contributed by atoms with Gasteiger partial charge in [-0.15, -0.1) is 11.8 Å². The van der Waals surface area contributed by atoms with Crippen molar-refractivity contribution in [2.75, 3.05) is 24.8 Å². The molecule has 1 aliphatic heterocycles. The molecule has 0 radical (unpaired) electrons. The number of esters is 1. The maximum absolute atomic E-state index is 13.2. The Morgan fingerprint density at radius 1 is 1.14 bits per heavy atom. The molecule has 0 saturated carbocycles. The van der Waals surface area contributed by atoms with Gasteiger partial charge < -0.3 is 14.8 Å². The molecule has 2 aromatic rings. The second kappa shape index (κ2) is 9.69. The normalized spacial score (nSPS) is 18.6. The fraction of sp³-hybridized carbons (Fsp3) is 0.364. The van der Waals surface area contributed by atoms with E-state index in [-0.39, 0.29) is 23.3 Å². The number of thioether (sulfide) groups is 1. The number of ether oxygens (including phenoxy) is 2. The highest BCUT2D eigenvalue weighted by Gasteiger charge is 2.43. The summed E-state index contributed by atoms with van der Waals surface area (Å²) in [7, 11) is 1.59. The number of carbonyl (C=O) groups is 2. The van der Waals surface area contributed by atoms with Gasteiger partial charge in [-0.05, 0) is 35.7 Å². The molecule has 7 heteroatoms. The van der Waals surface area contributed by atoms with Gasteiger partial charge in [0, 0.05) is 11.4 Å². The number of urea groups is 1. The van der Waals surface area contributed by atoms with Gasteiger partial charge in [0.2, 0.25) is 0 Å². The Balaban J connectivity index is 1.81. The minimum atomic E-state index is -0.637. The molecule has 2 aromatic carbocycles. The number of benzene rings is 2. The first-order chi connectivity index (χ1) is 14.0. The summed E-state index contributed by atoms with van der Waals surface area (Å²) >= 11 is 1.56. The zero-order valence-corrected chi connectivity index (χ0v) is 17.6. The van der Waals surface area contributed by atoms with Crippen molar-refractivity contribution < 1.29 is 19.1 Å². The van der Waals surface area contributed by atoms with Crippen molar-refractivity contribution in [3.05, 3.63) is 60.2 Å². The van der Waals surface area contributed by atoms with Crippen molar-refractivity contribution in [1.29, 1.82) is 0 Å². The van der Waals surface area contributed by atoms with Crippen molar-refractivity contribution in [1.82, 2.24) is 4.90 Å². The lowest BCUT2D eigenvalue weighted by molar-refractivity contribution is -0.149. The van der Waals surface area contributed by atoms with E-state index in [1.807, 2.05) is 44.2 Å². The topological polar surface area (TPSA) is 67.9 Å².